The summed E-state index contributed by atoms with van der Waals surface area (Å²) in [6, 6.07) is 12.7. The molecule has 2 aromatic carbocycles. The van der Waals surface area contributed by atoms with Gasteiger partial charge in [-0.05, 0) is 36.2 Å². The van der Waals surface area contributed by atoms with E-state index in [0.29, 0.717) is 23.7 Å². The fourth-order valence-electron chi connectivity index (χ4n) is 2.19. The SMILES string of the molecule is COc1ccc(CCNC(=O)Nc2cc(OC)ccc2OC)cc1. The van der Waals surface area contributed by atoms with E-state index in [0.717, 1.165) is 17.7 Å². The highest BCUT2D eigenvalue weighted by atomic mass is 16.5. The Morgan fingerprint density at radius 3 is 2.21 bits per heavy atom. The number of carbonyl (C=O) groups excluding carboxylic acids is 1. The zero-order valence-corrected chi connectivity index (χ0v) is 14.1. The molecule has 0 heterocycles. The van der Waals surface area contributed by atoms with Crippen molar-refractivity contribution in [2.75, 3.05) is 33.2 Å². The summed E-state index contributed by atoms with van der Waals surface area (Å²) in [5.74, 6) is 2.03. The Labute approximate surface area is 141 Å². The number of rotatable bonds is 7. The highest BCUT2D eigenvalue weighted by Crippen LogP contribution is 2.28. The van der Waals surface area contributed by atoms with Crippen molar-refractivity contribution in [3.05, 3.63) is 48.0 Å². The van der Waals surface area contributed by atoms with Gasteiger partial charge in [0.2, 0.25) is 0 Å². The van der Waals surface area contributed by atoms with Crippen molar-refractivity contribution >= 4 is 11.7 Å². The third kappa shape index (κ3) is 4.81. The molecule has 0 atom stereocenters. The second kappa shape index (κ2) is 8.67. The first-order valence-electron chi connectivity index (χ1n) is 7.56. The summed E-state index contributed by atoms with van der Waals surface area (Å²) in [6.45, 7) is 0.518. The molecule has 24 heavy (non-hydrogen) atoms. The number of nitrogens with one attached hydrogen (secondary N) is 2. The third-order valence-corrected chi connectivity index (χ3v) is 3.51. The molecular weight excluding hydrogens is 308 g/mol. The van der Waals surface area contributed by atoms with E-state index in [1.54, 1.807) is 39.5 Å². The molecule has 2 aromatic rings. The molecule has 0 radical (unpaired) electrons. The number of benzene rings is 2. The summed E-state index contributed by atoms with van der Waals surface area (Å²) in [5.41, 5.74) is 1.67. The number of hydrogen-bond donors (Lipinski definition) is 2. The summed E-state index contributed by atoms with van der Waals surface area (Å²) in [7, 11) is 4.75. The van der Waals surface area contributed by atoms with E-state index in [1.165, 1.54) is 0 Å². The Morgan fingerprint density at radius 1 is 0.917 bits per heavy atom. The molecule has 128 valence electrons. The lowest BCUT2D eigenvalue weighted by Gasteiger charge is -2.12. The summed E-state index contributed by atoms with van der Waals surface area (Å²) >= 11 is 0. The van der Waals surface area contributed by atoms with E-state index < -0.39 is 0 Å². The highest BCUT2D eigenvalue weighted by Gasteiger charge is 2.08. The molecule has 2 amide bonds. The van der Waals surface area contributed by atoms with Crippen molar-refractivity contribution in [1.82, 2.24) is 5.32 Å². The van der Waals surface area contributed by atoms with Crippen LogP contribution in [-0.4, -0.2) is 33.9 Å². The predicted molar refractivity (Wildman–Crippen MR) is 93.3 cm³/mol. The Hall–Kier alpha value is -2.89. The van der Waals surface area contributed by atoms with E-state index in [9.17, 15) is 4.79 Å². The summed E-state index contributed by atoms with van der Waals surface area (Å²) < 4.78 is 15.5. The minimum Gasteiger partial charge on any atom is -0.497 e. The van der Waals surface area contributed by atoms with E-state index in [2.05, 4.69) is 10.6 Å². The van der Waals surface area contributed by atoms with E-state index >= 15 is 0 Å². The van der Waals surface area contributed by atoms with Crippen LogP contribution in [0.3, 0.4) is 0 Å². The van der Waals surface area contributed by atoms with Gasteiger partial charge in [0.1, 0.15) is 17.2 Å². The van der Waals surface area contributed by atoms with Crippen molar-refractivity contribution < 1.29 is 19.0 Å². The minimum absolute atomic E-state index is 0.296. The van der Waals surface area contributed by atoms with Crippen LogP contribution in [0.4, 0.5) is 10.5 Å². The van der Waals surface area contributed by atoms with Gasteiger partial charge >= 0.3 is 6.03 Å². The first-order valence-corrected chi connectivity index (χ1v) is 7.56. The average molecular weight is 330 g/mol. The first-order chi connectivity index (χ1) is 11.7. The van der Waals surface area contributed by atoms with Gasteiger partial charge in [-0.3, -0.25) is 0 Å². The molecule has 0 spiro atoms. The maximum absolute atomic E-state index is 12.0. The van der Waals surface area contributed by atoms with Gasteiger partial charge in [0, 0.05) is 12.6 Å². The molecule has 6 heteroatoms. The predicted octanol–water partition coefficient (Wildman–Crippen LogP) is 3.08. The van der Waals surface area contributed by atoms with Crippen LogP contribution in [0.2, 0.25) is 0 Å². The number of carbonyl (C=O) groups is 1. The average Bonchev–Trinajstić information content (AvgIpc) is 2.62. The van der Waals surface area contributed by atoms with Crippen LogP contribution < -0.4 is 24.8 Å². The molecule has 0 aromatic heterocycles. The van der Waals surface area contributed by atoms with Crippen LogP contribution in [0.25, 0.3) is 0 Å². The summed E-state index contributed by atoms with van der Waals surface area (Å²) in [5, 5.41) is 5.58. The molecule has 0 aliphatic rings. The third-order valence-electron chi connectivity index (χ3n) is 3.51. The topological polar surface area (TPSA) is 68.8 Å². The van der Waals surface area contributed by atoms with Gasteiger partial charge in [0.15, 0.2) is 0 Å². The van der Waals surface area contributed by atoms with Crippen LogP contribution in [0.1, 0.15) is 5.56 Å². The smallest absolute Gasteiger partial charge is 0.319 e. The van der Waals surface area contributed by atoms with Gasteiger partial charge in [0.25, 0.3) is 0 Å². The fourth-order valence-corrected chi connectivity index (χ4v) is 2.19. The van der Waals surface area contributed by atoms with Gasteiger partial charge in [-0.1, -0.05) is 12.1 Å². The molecular formula is C18H22N2O4. The van der Waals surface area contributed by atoms with Crippen LogP contribution in [-0.2, 0) is 6.42 Å². The van der Waals surface area contributed by atoms with Crippen LogP contribution in [0.15, 0.2) is 42.5 Å². The summed E-state index contributed by atoms with van der Waals surface area (Å²) in [6.07, 6.45) is 0.729. The van der Waals surface area contributed by atoms with Gasteiger partial charge in [-0.25, -0.2) is 4.79 Å². The van der Waals surface area contributed by atoms with Crippen molar-refractivity contribution in [3.8, 4) is 17.2 Å². The lowest BCUT2D eigenvalue weighted by atomic mass is 10.1. The quantitative estimate of drug-likeness (QED) is 0.818. The standard InChI is InChI=1S/C18H22N2O4/c1-22-14-6-4-13(5-7-14)10-11-19-18(21)20-16-12-15(23-2)8-9-17(16)24-3/h4-9,12H,10-11H2,1-3H3,(H2,19,20,21). The molecule has 0 aliphatic carbocycles. The lowest BCUT2D eigenvalue weighted by molar-refractivity contribution is 0.252. The minimum atomic E-state index is -0.296. The number of ether oxygens (including phenoxy) is 3. The number of methoxy groups -OCH3 is 3. The molecule has 2 N–H and O–H groups in total. The van der Waals surface area contributed by atoms with Gasteiger partial charge in [-0.15, -0.1) is 0 Å². The zero-order valence-electron chi connectivity index (χ0n) is 14.1. The molecule has 2 rings (SSSR count). The molecule has 0 saturated carbocycles. The van der Waals surface area contributed by atoms with E-state index in [4.69, 9.17) is 14.2 Å². The van der Waals surface area contributed by atoms with E-state index in [-0.39, 0.29) is 6.03 Å². The second-order valence-electron chi connectivity index (χ2n) is 5.05. The van der Waals surface area contributed by atoms with Crippen LogP contribution in [0, 0.1) is 0 Å². The van der Waals surface area contributed by atoms with Crippen molar-refractivity contribution in [1.29, 1.82) is 0 Å². The fraction of sp³-hybridized carbons (Fsp3) is 0.278. The molecule has 6 nitrogen and oxygen atoms in total. The maximum atomic E-state index is 12.0. The van der Waals surface area contributed by atoms with Crippen LogP contribution in [0.5, 0.6) is 17.2 Å². The largest absolute Gasteiger partial charge is 0.497 e. The zero-order chi connectivity index (χ0) is 17.4. The Kier molecular flexibility index (Phi) is 6.31. The highest BCUT2D eigenvalue weighted by molar-refractivity contribution is 5.91. The molecule has 0 unspecified atom stereocenters. The normalized spacial score (nSPS) is 9.96. The van der Waals surface area contributed by atoms with Gasteiger partial charge in [-0.2, -0.15) is 0 Å². The number of urea groups is 1. The number of amides is 2. The first kappa shape index (κ1) is 17.5. The Bertz CT molecular complexity index is 671. The summed E-state index contributed by atoms with van der Waals surface area (Å²) in [4.78, 5) is 12.0. The molecule has 0 fully saturated rings. The monoisotopic (exact) mass is 330 g/mol. The molecule has 0 saturated heterocycles. The van der Waals surface area contributed by atoms with Crippen LogP contribution >= 0.6 is 0 Å². The maximum Gasteiger partial charge on any atom is 0.319 e. The Balaban J connectivity index is 1.86. The molecule has 0 bridgehead atoms. The van der Waals surface area contributed by atoms with E-state index in [1.807, 2.05) is 24.3 Å². The van der Waals surface area contributed by atoms with Crippen molar-refractivity contribution in [2.45, 2.75) is 6.42 Å². The van der Waals surface area contributed by atoms with Gasteiger partial charge in [0.05, 0.1) is 27.0 Å². The number of hydrogen-bond acceptors (Lipinski definition) is 4. The second-order valence-corrected chi connectivity index (χ2v) is 5.05. The van der Waals surface area contributed by atoms with Crippen molar-refractivity contribution in [3.63, 3.8) is 0 Å². The molecule has 0 aliphatic heterocycles. The van der Waals surface area contributed by atoms with Gasteiger partial charge < -0.3 is 24.8 Å². The van der Waals surface area contributed by atoms with Crippen molar-refractivity contribution in [2.24, 2.45) is 0 Å². The number of anilines is 1. The lowest BCUT2D eigenvalue weighted by Crippen LogP contribution is -2.30. The Morgan fingerprint density at radius 2 is 1.58 bits per heavy atom.